The number of nitrogens with one attached hydrogen (secondary N) is 2. The first-order valence-electron chi connectivity index (χ1n) is 8.93. The fraction of sp³-hybridized carbons (Fsp3) is 0.350. The molecule has 6 nitrogen and oxygen atoms in total. The van der Waals surface area contributed by atoms with Gasteiger partial charge in [-0.3, -0.25) is 4.79 Å². The average Bonchev–Trinajstić information content (AvgIpc) is 2.72. The number of rotatable bonds is 8. The SMILES string of the molecule is CCC(CC)(NC(=O)c1ccc(OC)c(S(=O)(=O)NC)c1)c1ccc(Cl)cc1. The maximum atomic E-state index is 13.0. The number of halogens is 1. The highest BCUT2D eigenvalue weighted by atomic mass is 35.5. The number of methoxy groups -OCH3 is 1. The van der Waals surface area contributed by atoms with Crippen LogP contribution in [0.3, 0.4) is 0 Å². The molecule has 28 heavy (non-hydrogen) atoms. The maximum Gasteiger partial charge on any atom is 0.252 e. The molecule has 0 aromatic heterocycles. The van der Waals surface area contributed by atoms with Gasteiger partial charge in [0, 0.05) is 10.6 Å². The fourth-order valence-corrected chi connectivity index (χ4v) is 4.15. The van der Waals surface area contributed by atoms with Crippen molar-refractivity contribution in [2.45, 2.75) is 37.1 Å². The molecule has 0 aliphatic heterocycles. The van der Waals surface area contributed by atoms with E-state index in [4.69, 9.17) is 16.3 Å². The Balaban J connectivity index is 2.44. The summed E-state index contributed by atoms with van der Waals surface area (Å²) in [7, 11) is -1.09. The van der Waals surface area contributed by atoms with Crippen molar-refractivity contribution in [2.24, 2.45) is 0 Å². The van der Waals surface area contributed by atoms with Crippen LogP contribution >= 0.6 is 11.6 Å². The first-order valence-corrected chi connectivity index (χ1v) is 10.8. The topological polar surface area (TPSA) is 84.5 Å². The smallest absolute Gasteiger partial charge is 0.252 e. The molecule has 0 radical (unpaired) electrons. The van der Waals surface area contributed by atoms with Crippen molar-refractivity contribution in [1.29, 1.82) is 0 Å². The lowest BCUT2D eigenvalue weighted by atomic mass is 9.84. The predicted molar refractivity (Wildman–Crippen MR) is 110 cm³/mol. The van der Waals surface area contributed by atoms with E-state index in [0.29, 0.717) is 17.9 Å². The molecule has 1 amide bonds. The van der Waals surface area contributed by atoms with Crippen LogP contribution < -0.4 is 14.8 Å². The summed E-state index contributed by atoms with van der Waals surface area (Å²) in [5, 5.41) is 3.70. The quantitative estimate of drug-likeness (QED) is 0.676. The number of carbonyl (C=O) groups is 1. The highest BCUT2D eigenvalue weighted by molar-refractivity contribution is 7.89. The van der Waals surface area contributed by atoms with Crippen LogP contribution in [0.15, 0.2) is 47.4 Å². The van der Waals surface area contributed by atoms with E-state index in [0.717, 1.165) is 5.56 Å². The molecule has 0 heterocycles. The summed E-state index contributed by atoms with van der Waals surface area (Å²) < 4.78 is 31.9. The molecular formula is C20H25ClN2O4S. The minimum absolute atomic E-state index is 0.0877. The number of benzene rings is 2. The van der Waals surface area contributed by atoms with Crippen molar-refractivity contribution < 1.29 is 17.9 Å². The van der Waals surface area contributed by atoms with E-state index in [1.54, 1.807) is 18.2 Å². The van der Waals surface area contributed by atoms with Crippen molar-refractivity contribution in [2.75, 3.05) is 14.2 Å². The molecule has 0 aliphatic carbocycles. The molecule has 8 heteroatoms. The van der Waals surface area contributed by atoms with Crippen LogP contribution in [0.1, 0.15) is 42.6 Å². The van der Waals surface area contributed by atoms with Crippen LogP contribution in [0.4, 0.5) is 0 Å². The molecule has 0 saturated carbocycles. The zero-order chi connectivity index (χ0) is 20.9. The lowest BCUT2D eigenvalue weighted by molar-refractivity contribution is 0.0889. The van der Waals surface area contributed by atoms with Gasteiger partial charge in [-0.2, -0.15) is 0 Å². The third-order valence-corrected chi connectivity index (χ3v) is 6.63. The minimum Gasteiger partial charge on any atom is -0.495 e. The molecule has 2 aromatic rings. The average molecular weight is 425 g/mol. The lowest BCUT2D eigenvalue weighted by Gasteiger charge is -2.34. The van der Waals surface area contributed by atoms with Crippen LogP contribution in [0, 0.1) is 0 Å². The number of carbonyl (C=O) groups excluding carboxylic acids is 1. The number of ether oxygens (including phenoxy) is 1. The standard InChI is InChI=1S/C20H25ClN2O4S/c1-5-20(6-2,15-8-10-16(21)11-9-15)23-19(24)14-7-12-17(27-4)18(13-14)28(25,26)22-3/h7-13,22H,5-6H2,1-4H3,(H,23,24). The second-order valence-corrected chi connectivity index (χ2v) is 8.61. The highest BCUT2D eigenvalue weighted by Gasteiger charge is 2.31. The maximum absolute atomic E-state index is 13.0. The number of hydrogen-bond acceptors (Lipinski definition) is 4. The minimum atomic E-state index is -3.78. The van der Waals surface area contributed by atoms with E-state index >= 15 is 0 Å². The van der Waals surface area contributed by atoms with Crippen molar-refractivity contribution >= 4 is 27.5 Å². The Morgan fingerprint density at radius 3 is 2.21 bits per heavy atom. The van der Waals surface area contributed by atoms with E-state index in [2.05, 4.69) is 10.0 Å². The van der Waals surface area contributed by atoms with Crippen molar-refractivity contribution in [3.8, 4) is 5.75 Å². The Bertz CT molecular complexity index is 939. The fourth-order valence-electron chi connectivity index (χ4n) is 3.10. The Morgan fingerprint density at radius 1 is 1.11 bits per heavy atom. The summed E-state index contributed by atoms with van der Waals surface area (Å²) in [5.41, 5.74) is 0.575. The van der Waals surface area contributed by atoms with Crippen molar-refractivity contribution in [3.05, 3.63) is 58.6 Å². The Labute approximate surface area is 171 Å². The number of amides is 1. The van der Waals surface area contributed by atoms with Crippen LogP contribution in [0.5, 0.6) is 5.75 Å². The van der Waals surface area contributed by atoms with E-state index in [9.17, 15) is 13.2 Å². The summed E-state index contributed by atoms with van der Waals surface area (Å²) in [6.45, 7) is 3.98. The largest absolute Gasteiger partial charge is 0.495 e. The van der Waals surface area contributed by atoms with E-state index < -0.39 is 15.6 Å². The summed E-state index contributed by atoms with van der Waals surface area (Å²) in [6.07, 6.45) is 1.32. The molecule has 2 N–H and O–H groups in total. The van der Waals surface area contributed by atoms with Crippen LogP contribution in [-0.2, 0) is 15.6 Å². The van der Waals surface area contributed by atoms with E-state index in [1.165, 1.54) is 26.3 Å². The van der Waals surface area contributed by atoms with Crippen LogP contribution in [-0.4, -0.2) is 28.5 Å². The van der Waals surface area contributed by atoms with Crippen molar-refractivity contribution in [1.82, 2.24) is 10.0 Å². The second-order valence-electron chi connectivity index (χ2n) is 6.32. The molecule has 0 aliphatic rings. The second kappa shape index (κ2) is 8.94. The van der Waals surface area contributed by atoms with E-state index in [1.807, 2.05) is 26.0 Å². The zero-order valence-corrected chi connectivity index (χ0v) is 17.9. The predicted octanol–water partition coefficient (Wildman–Crippen LogP) is 3.70. The summed E-state index contributed by atoms with van der Waals surface area (Å²) in [5.74, 6) is -0.199. The van der Waals surface area contributed by atoms with Gasteiger partial charge in [-0.1, -0.05) is 37.6 Å². The van der Waals surface area contributed by atoms with Gasteiger partial charge < -0.3 is 10.1 Å². The number of sulfonamides is 1. The molecule has 0 atom stereocenters. The Kier molecular flexibility index (Phi) is 7.09. The molecular weight excluding hydrogens is 400 g/mol. The first-order chi connectivity index (χ1) is 13.2. The normalized spacial score (nSPS) is 11.9. The Hall–Kier alpha value is -2.09. The van der Waals surface area contributed by atoms with Gasteiger partial charge in [-0.15, -0.1) is 0 Å². The lowest BCUT2D eigenvalue weighted by Crippen LogP contribution is -2.45. The van der Waals surface area contributed by atoms with Gasteiger partial charge in [-0.25, -0.2) is 13.1 Å². The summed E-state index contributed by atoms with van der Waals surface area (Å²) in [6, 6.07) is 11.7. The molecule has 2 aromatic carbocycles. The molecule has 0 bridgehead atoms. The molecule has 0 saturated heterocycles. The van der Waals surface area contributed by atoms with Gasteiger partial charge in [0.2, 0.25) is 10.0 Å². The molecule has 2 rings (SSSR count). The summed E-state index contributed by atoms with van der Waals surface area (Å²) in [4.78, 5) is 12.9. The molecule has 152 valence electrons. The third kappa shape index (κ3) is 4.48. The highest BCUT2D eigenvalue weighted by Crippen LogP contribution is 2.31. The third-order valence-electron chi connectivity index (χ3n) is 4.94. The first kappa shape index (κ1) is 22.2. The van der Waals surface area contributed by atoms with Gasteiger partial charge in [0.1, 0.15) is 10.6 Å². The summed E-state index contributed by atoms with van der Waals surface area (Å²) >= 11 is 5.99. The van der Waals surface area contributed by atoms with Crippen LogP contribution in [0.2, 0.25) is 5.02 Å². The number of hydrogen-bond donors (Lipinski definition) is 2. The van der Waals surface area contributed by atoms with Gasteiger partial charge in [0.15, 0.2) is 0 Å². The van der Waals surface area contributed by atoms with Crippen LogP contribution in [0.25, 0.3) is 0 Å². The monoisotopic (exact) mass is 424 g/mol. The molecule has 0 unspecified atom stereocenters. The molecule has 0 spiro atoms. The van der Waals surface area contributed by atoms with E-state index in [-0.39, 0.29) is 22.1 Å². The van der Waals surface area contributed by atoms with Gasteiger partial charge in [0.05, 0.1) is 12.6 Å². The Morgan fingerprint density at radius 2 is 1.71 bits per heavy atom. The van der Waals surface area contributed by atoms with Gasteiger partial charge >= 0.3 is 0 Å². The van der Waals surface area contributed by atoms with Gasteiger partial charge in [-0.05, 0) is 55.8 Å². The molecule has 0 fully saturated rings. The zero-order valence-electron chi connectivity index (χ0n) is 16.4. The van der Waals surface area contributed by atoms with Gasteiger partial charge in [0.25, 0.3) is 5.91 Å². The van der Waals surface area contributed by atoms with Crippen molar-refractivity contribution in [3.63, 3.8) is 0 Å².